The molecular weight excluding hydrogens is 430 g/mol. The predicted molar refractivity (Wildman–Crippen MR) is 138 cm³/mol. The number of nitrogens with zero attached hydrogens (tertiary/aromatic N) is 2. The molecule has 2 aromatic carbocycles. The van der Waals surface area contributed by atoms with E-state index in [0.717, 1.165) is 35.3 Å². The fourth-order valence-electron chi connectivity index (χ4n) is 3.94. The first-order valence-electron chi connectivity index (χ1n) is 11.4. The maximum atomic E-state index is 13.5. The molecule has 0 spiro atoms. The molecule has 0 saturated heterocycles. The Bertz CT molecular complexity index is 1040. The number of carbonyl (C=O) groups excluding carboxylic acids is 2. The molecule has 0 bridgehead atoms. The van der Waals surface area contributed by atoms with Gasteiger partial charge in [-0.25, -0.2) is 0 Å². The number of benzene rings is 2. The lowest BCUT2D eigenvalue weighted by Crippen LogP contribution is -2.35. The lowest BCUT2D eigenvalue weighted by atomic mass is 10.0. The molecule has 1 N–H and O–H groups in total. The summed E-state index contributed by atoms with van der Waals surface area (Å²) in [6, 6.07) is 19.7. The quantitative estimate of drug-likeness (QED) is 0.399. The van der Waals surface area contributed by atoms with Crippen molar-refractivity contribution in [3.8, 4) is 0 Å². The van der Waals surface area contributed by atoms with Crippen molar-refractivity contribution in [1.29, 1.82) is 0 Å². The molecule has 0 aliphatic carbocycles. The largest absolute Gasteiger partial charge is 0.377 e. The molecule has 3 rings (SSSR count). The van der Waals surface area contributed by atoms with Crippen molar-refractivity contribution in [2.75, 3.05) is 24.3 Å². The molecule has 5 nitrogen and oxygen atoms in total. The Kier molecular flexibility index (Phi) is 8.66. The molecule has 0 unspecified atom stereocenters. The standard InChI is InChI=1S/C27H33N3O2S/c1-5-21(6-2)27(32)30(18-20-11-8-7-9-12-20)19-22-17-23(14-15-24(22)29(3)4)28-26(31)25-13-10-16-33-25/h7-17,21H,5-6,18-19H2,1-4H3,(H,28,31). The van der Waals surface area contributed by atoms with Crippen LogP contribution in [-0.4, -0.2) is 30.8 Å². The smallest absolute Gasteiger partial charge is 0.265 e. The Hall–Kier alpha value is -3.12. The maximum Gasteiger partial charge on any atom is 0.265 e. The average Bonchev–Trinajstić information content (AvgIpc) is 3.35. The van der Waals surface area contributed by atoms with Gasteiger partial charge in [0.05, 0.1) is 4.88 Å². The van der Waals surface area contributed by atoms with Gasteiger partial charge in [0.2, 0.25) is 5.91 Å². The molecule has 33 heavy (non-hydrogen) atoms. The highest BCUT2D eigenvalue weighted by molar-refractivity contribution is 7.12. The second-order valence-electron chi connectivity index (χ2n) is 8.36. The first-order chi connectivity index (χ1) is 15.9. The number of hydrogen-bond donors (Lipinski definition) is 1. The SMILES string of the molecule is CCC(CC)C(=O)N(Cc1ccccc1)Cc1cc(NC(=O)c2cccs2)ccc1N(C)C. The Morgan fingerprint density at radius 2 is 1.67 bits per heavy atom. The van der Waals surface area contributed by atoms with Crippen molar-refractivity contribution in [3.63, 3.8) is 0 Å². The second kappa shape index (κ2) is 11.7. The van der Waals surface area contributed by atoms with Crippen LogP contribution < -0.4 is 10.2 Å². The van der Waals surface area contributed by atoms with Crippen LogP contribution in [0.2, 0.25) is 0 Å². The predicted octanol–water partition coefficient (Wildman–Crippen LogP) is 6.03. The summed E-state index contributed by atoms with van der Waals surface area (Å²) in [5.41, 5.74) is 3.85. The molecule has 2 amide bonds. The average molecular weight is 464 g/mol. The van der Waals surface area contributed by atoms with E-state index in [4.69, 9.17) is 0 Å². The van der Waals surface area contributed by atoms with E-state index in [1.54, 1.807) is 0 Å². The lowest BCUT2D eigenvalue weighted by molar-refractivity contribution is -0.137. The third kappa shape index (κ3) is 6.45. The van der Waals surface area contributed by atoms with Gasteiger partial charge in [-0.1, -0.05) is 50.2 Å². The van der Waals surface area contributed by atoms with E-state index in [0.29, 0.717) is 18.0 Å². The van der Waals surface area contributed by atoms with Crippen LogP contribution in [0, 0.1) is 5.92 Å². The Morgan fingerprint density at radius 3 is 2.27 bits per heavy atom. The number of amides is 2. The van der Waals surface area contributed by atoms with E-state index in [2.05, 4.69) is 31.3 Å². The van der Waals surface area contributed by atoms with Crippen LogP contribution in [0.15, 0.2) is 66.0 Å². The van der Waals surface area contributed by atoms with Crippen molar-refractivity contribution in [2.24, 2.45) is 5.92 Å². The van der Waals surface area contributed by atoms with Gasteiger partial charge in [0.25, 0.3) is 5.91 Å². The van der Waals surface area contributed by atoms with Gasteiger partial charge in [0, 0.05) is 44.5 Å². The van der Waals surface area contributed by atoms with E-state index in [1.807, 2.05) is 77.8 Å². The molecule has 0 aliphatic rings. The molecule has 6 heteroatoms. The minimum atomic E-state index is -0.122. The Morgan fingerprint density at radius 1 is 0.939 bits per heavy atom. The Balaban J connectivity index is 1.91. The molecule has 1 heterocycles. The molecular formula is C27H33N3O2S. The summed E-state index contributed by atoms with van der Waals surface area (Å²) < 4.78 is 0. The van der Waals surface area contributed by atoms with Crippen LogP contribution in [0.1, 0.15) is 47.5 Å². The topological polar surface area (TPSA) is 52.7 Å². The van der Waals surface area contributed by atoms with Gasteiger partial charge in [-0.3, -0.25) is 9.59 Å². The summed E-state index contributed by atoms with van der Waals surface area (Å²) in [5, 5.41) is 4.89. The van der Waals surface area contributed by atoms with Crippen molar-refractivity contribution in [3.05, 3.63) is 82.0 Å². The van der Waals surface area contributed by atoms with Crippen LogP contribution in [-0.2, 0) is 17.9 Å². The van der Waals surface area contributed by atoms with E-state index >= 15 is 0 Å². The number of hydrogen-bond acceptors (Lipinski definition) is 4. The zero-order valence-electron chi connectivity index (χ0n) is 19.9. The van der Waals surface area contributed by atoms with E-state index in [-0.39, 0.29) is 17.7 Å². The number of anilines is 2. The minimum Gasteiger partial charge on any atom is -0.377 e. The molecule has 0 atom stereocenters. The summed E-state index contributed by atoms with van der Waals surface area (Å²) in [5.74, 6) is 0.0441. The summed E-state index contributed by atoms with van der Waals surface area (Å²) in [6.07, 6.45) is 1.64. The zero-order chi connectivity index (χ0) is 23.8. The number of rotatable bonds is 10. The molecule has 3 aromatic rings. The van der Waals surface area contributed by atoms with Gasteiger partial charge in [-0.05, 0) is 53.6 Å². The Labute approximate surface area is 201 Å². The van der Waals surface area contributed by atoms with Gasteiger partial charge in [-0.15, -0.1) is 11.3 Å². The van der Waals surface area contributed by atoms with Gasteiger partial charge in [-0.2, -0.15) is 0 Å². The number of thiophene rings is 1. The number of carbonyl (C=O) groups is 2. The van der Waals surface area contributed by atoms with Crippen LogP contribution in [0.4, 0.5) is 11.4 Å². The van der Waals surface area contributed by atoms with Crippen molar-refractivity contribution < 1.29 is 9.59 Å². The first kappa shape index (κ1) is 24.5. The summed E-state index contributed by atoms with van der Waals surface area (Å²) in [7, 11) is 3.99. The third-order valence-electron chi connectivity index (χ3n) is 5.79. The normalized spacial score (nSPS) is 10.8. The fourth-order valence-corrected chi connectivity index (χ4v) is 4.56. The van der Waals surface area contributed by atoms with Crippen LogP contribution in [0.3, 0.4) is 0 Å². The molecule has 0 saturated carbocycles. The van der Waals surface area contributed by atoms with Crippen LogP contribution >= 0.6 is 11.3 Å². The zero-order valence-corrected chi connectivity index (χ0v) is 20.7. The monoisotopic (exact) mass is 463 g/mol. The first-order valence-corrected chi connectivity index (χ1v) is 12.3. The van der Waals surface area contributed by atoms with Crippen molar-refractivity contribution in [1.82, 2.24) is 4.90 Å². The molecule has 0 aliphatic heterocycles. The number of nitrogens with one attached hydrogen (secondary N) is 1. The fraction of sp³-hybridized carbons (Fsp3) is 0.333. The molecule has 1 aromatic heterocycles. The molecule has 174 valence electrons. The van der Waals surface area contributed by atoms with Gasteiger partial charge in [0.15, 0.2) is 0 Å². The minimum absolute atomic E-state index is 0.00164. The summed E-state index contributed by atoms with van der Waals surface area (Å²) in [4.78, 5) is 30.7. The summed E-state index contributed by atoms with van der Waals surface area (Å²) >= 11 is 1.41. The lowest BCUT2D eigenvalue weighted by Gasteiger charge is -2.29. The second-order valence-corrected chi connectivity index (χ2v) is 9.31. The summed E-state index contributed by atoms with van der Waals surface area (Å²) in [6.45, 7) is 5.16. The van der Waals surface area contributed by atoms with E-state index < -0.39 is 0 Å². The highest BCUT2D eigenvalue weighted by atomic mass is 32.1. The van der Waals surface area contributed by atoms with Crippen molar-refractivity contribution in [2.45, 2.75) is 39.8 Å². The maximum absolute atomic E-state index is 13.5. The third-order valence-corrected chi connectivity index (χ3v) is 6.66. The van der Waals surface area contributed by atoms with Gasteiger partial charge in [0.1, 0.15) is 0 Å². The van der Waals surface area contributed by atoms with Crippen LogP contribution in [0.5, 0.6) is 0 Å². The van der Waals surface area contributed by atoms with Crippen LogP contribution in [0.25, 0.3) is 0 Å². The van der Waals surface area contributed by atoms with E-state index in [1.165, 1.54) is 11.3 Å². The highest BCUT2D eigenvalue weighted by Gasteiger charge is 2.23. The highest BCUT2D eigenvalue weighted by Crippen LogP contribution is 2.27. The molecule has 0 fully saturated rings. The van der Waals surface area contributed by atoms with Gasteiger partial charge >= 0.3 is 0 Å². The van der Waals surface area contributed by atoms with E-state index in [9.17, 15) is 9.59 Å². The molecule has 0 radical (unpaired) electrons. The van der Waals surface area contributed by atoms with Crippen molar-refractivity contribution >= 4 is 34.5 Å². The van der Waals surface area contributed by atoms with Gasteiger partial charge < -0.3 is 15.1 Å².